The summed E-state index contributed by atoms with van der Waals surface area (Å²) in [5, 5.41) is 0. The highest BCUT2D eigenvalue weighted by Crippen LogP contribution is 2.15. The highest BCUT2D eigenvalue weighted by Gasteiger charge is 1.97. The Hall–Kier alpha value is -0.980. The Labute approximate surface area is 74.4 Å². The zero-order valence-corrected chi connectivity index (χ0v) is 7.87. The lowest BCUT2D eigenvalue weighted by Crippen LogP contribution is -1.90. The minimum Gasteiger partial charge on any atom is -0.497 e. The molecule has 1 rings (SSSR count). The van der Waals surface area contributed by atoms with Gasteiger partial charge in [0.15, 0.2) is 0 Å². The quantitative estimate of drug-likeness (QED) is 0.665. The second-order valence-corrected chi connectivity index (χ2v) is 3.18. The fourth-order valence-corrected chi connectivity index (χ4v) is 1.10. The van der Waals surface area contributed by atoms with E-state index in [4.69, 9.17) is 4.74 Å². The van der Waals surface area contributed by atoms with Crippen LogP contribution in [0.3, 0.4) is 0 Å². The molecule has 1 nitrogen and oxygen atoms in total. The van der Waals surface area contributed by atoms with Crippen LogP contribution in [0.5, 0.6) is 5.75 Å². The smallest absolute Gasteiger partial charge is 0.118 e. The van der Waals surface area contributed by atoms with Gasteiger partial charge in [-0.2, -0.15) is 0 Å². The first-order valence-electron chi connectivity index (χ1n) is 4.21. The van der Waals surface area contributed by atoms with Gasteiger partial charge in [-0.05, 0) is 30.0 Å². The molecule has 0 amide bonds. The molecular weight excluding hydrogens is 148 g/mol. The zero-order chi connectivity index (χ0) is 8.97. The van der Waals surface area contributed by atoms with Crippen LogP contribution in [0.15, 0.2) is 24.3 Å². The largest absolute Gasteiger partial charge is 0.497 e. The van der Waals surface area contributed by atoms with E-state index in [0.29, 0.717) is 5.92 Å². The van der Waals surface area contributed by atoms with E-state index >= 15 is 0 Å². The van der Waals surface area contributed by atoms with Crippen LogP contribution in [0.1, 0.15) is 19.4 Å². The molecule has 0 aromatic heterocycles. The third-order valence-corrected chi connectivity index (χ3v) is 1.64. The Morgan fingerprint density at radius 2 is 1.75 bits per heavy atom. The van der Waals surface area contributed by atoms with E-state index in [1.807, 2.05) is 12.1 Å². The van der Waals surface area contributed by atoms with E-state index in [9.17, 15) is 0 Å². The Kier molecular flexibility index (Phi) is 3.15. The van der Waals surface area contributed by atoms with Crippen molar-refractivity contribution in [3.63, 3.8) is 0 Å². The molecule has 0 aliphatic heterocycles. The Morgan fingerprint density at radius 1 is 1.17 bits per heavy atom. The summed E-state index contributed by atoms with van der Waals surface area (Å²) in [4.78, 5) is 0. The Balaban J connectivity index is 2.65. The van der Waals surface area contributed by atoms with Crippen molar-refractivity contribution in [1.82, 2.24) is 0 Å². The van der Waals surface area contributed by atoms with Crippen LogP contribution >= 0.6 is 0 Å². The molecule has 0 atom stereocenters. The van der Waals surface area contributed by atoms with Gasteiger partial charge in [-0.25, -0.2) is 0 Å². The molecule has 0 aliphatic carbocycles. The van der Waals surface area contributed by atoms with Crippen molar-refractivity contribution in [3.8, 4) is 5.75 Å². The average molecular weight is 163 g/mol. The van der Waals surface area contributed by atoms with E-state index in [2.05, 4.69) is 32.4 Å². The van der Waals surface area contributed by atoms with Gasteiger partial charge in [0.05, 0.1) is 7.11 Å². The van der Waals surface area contributed by atoms with Gasteiger partial charge in [-0.1, -0.05) is 26.0 Å². The van der Waals surface area contributed by atoms with Crippen LogP contribution in [0, 0.1) is 12.3 Å². The number of ether oxygens (including phenoxy) is 1. The number of rotatable bonds is 3. The summed E-state index contributed by atoms with van der Waals surface area (Å²) in [5.41, 5.74) is 1.26. The fraction of sp³-hybridized carbons (Fsp3) is 0.364. The van der Waals surface area contributed by atoms with E-state index in [-0.39, 0.29) is 0 Å². The summed E-state index contributed by atoms with van der Waals surface area (Å²) in [6.07, 6.45) is 2.22. The van der Waals surface area contributed by atoms with Gasteiger partial charge in [0.1, 0.15) is 5.75 Å². The molecule has 1 aromatic rings. The maximum absolute atomic E-state index is 5.06. The second-order valence-electron chi connectivity index (χ2n) is 3.18. The topological polar surface area (TPSA) is 9.23 Å². The van der Waals surface area contributed by atoms with Crippen LogP contribution in [-0.4, -0.2) is 7.11 Å². The number of hydrogen-bond donors (Lipinski definition) is 0. The molecule has 0 aliphatic rings. The monoisotopic (exact) mass is 163 g/mol. The minimum atomic E-state index is 0.596. The van der Waals surface area contributed by atoms with Crippen LogP contribution in [0.4, 0.5) is 0 Å². The summed E-state index contributed by atoms with van der Waals surface area (Å²) >= 11 is 0. The molecule has 0 N–H and O–H groups in total. The van der Waals surface area contributed by atoms with Gasteiger partial charge >= 0.3 is 0 Å². The lowest BCUT2D eigenvalue weighted by Gasteiger charge is -2.04. The van der Waals surface area contributed by atoms with Crippen molar-refractivity contribution < 1.29 is 4.74 Å². The van der Waals surface area contributed by atoms with Crippen molar-refractivity contribution in [2.75, 3.05) is 7.11 Å². The van der Waals surface area contributed by atoms with Crippen molar-refractivity contribution in [2.45, 2.75) is 13.8 Å². The summed E-state index contributed by atoms with van der Waals surface area (Å²) in [5.74, 6) is 1.51. The summed E-state index contributed by atoms with van der Waals surface area (Å²) in [7, 11) is 1.68. The molecule has 1 aromatic carbocycles. The predicted molar refractivity (Wildman–Crippen MR) is 51.2 cm³/mol. The number of hydrogen-bond acceptors (Lipinski definition) is 1. The second kappa shape index (κ2) is 4.15. The Morgan fingerprint density at radius 3 is 2.17 bits per heavy atom. The standard InChI is InChI=1S/C11H15O/c1-9(2)8-10-4-6-11(12-3)7-5-10/h4-9H,1-3H3. The first kappa shape index (κ1) is 9.11. The molecule has 0 fully saturated rings. The van der Waals surface area contributed by atoms with Gasteiger partial charge in [0.25, 0.3) is 0 Å². The molecule has 0 saturated carbocycles. The highest BCUT2D eigenvalue weighted by molar-refractivity contribution is 5.31. The molecule has 0 heterocycles. The Bertz CT molecular complexity index is 223. The van der Waals surface area contributed by atoms with Gasteiger partial charge in [0.2, 0.25) is 0 Å². The van der Waals surface area contributed by atoms with Gasteiger partial charge in [0, 0.05) is 0 Å². The average Bonchev–Trinajstić information content (AvgIpc) is 2.05. The van der Waals surface area contributed by atoms with Gasteiger partial charge in [-0.15, -0.1) is 0 Å². The van der Waals surface area contributed by atoms with Crippen LogP contribution < -0.4 is 4.74 Å². The predicted octanol–water partition coefficient (Wildman–Crippen LogP) is 2.90. The van der Waals surface area contributed by atoms with Crippen molar-refractivity contribution in [1.29, 1.82) is 0 Å². The van der Waals surface area contributed by atoms with Gasteiger partial charge in [-0.3, -0.25) is 0 Å². The SMILES string of the molecule is COc1ccc([CH]C(C)C)cc1. The summed E-state index contributed by atoms with van der Waals surface area (Å²) in [6, 6.07) is 8.10. The van der Waals surface area contributed by atoms with Crippen molar-refractivity contribution >= 4 is 0 Å². The van der Waals surface area contributed by atoms with E-state index in [1.165, 1.54) is 5.56 Å². The molecule has 0 spiro atoms. The third-order valence-electron chi connectivity index (χ3n) is 1.64. The lowest BCUT2D eigenvalue weighted by atomic mass is 10.0. The summed E-state index contributed by atoms with van der Waals surface area (Å²) < 4.78 is 5.06. The third kappa shape index (κ3) is 2.57. The van der Waals surface area contributed by atoms with Crippen LogP contribution in [-0.2, 0) is 0 Å². The molecule has 0 unspecified atom stereocenters. The normalized spacial score (nSPS) is 10.3. The minimum absolute atomic E-state index is 0.596. The van der Waals surface area contributed by atoms with E-state index < -0.39 is 0 Å². The number of methoxy groups -OCH3 is 1. The molecule has 12 heavy (non-hydrogen) atoms. The highest BCUT2D eigenvalue weighted by atomic mass is 16.5. The molecule has 1 radical (unpaired) electrons. The fourth-order valence-electron chi connectivity index (χ4n) is 1.10. The van der Waals surface area contributed by atoms with Crippen molar-refractivity contribution in [3.05, 3.63) is 36.2 Å². The summed E-state index contributed by atoms with van der Waals surface area (Å²) in [6.45, 7) is 4.34. The van der Waals surface area contributed by atoms with Crippen LogP contribution in [0.25, 0.3) is 0 Å². The first-order chi connectivity index (χ1) is 5.72. The van der Waals surface area contributed by atoms with Gasteiger partial charge < -0.3 is 4.74 Å². The van der Waals surface area contributed by atoms with Crippen molar-refractivity contribution in [2.24, 2.45) is 5.92 Å². The maximum Gasteiger partial charge on any atom is 0.118 e. The van der Waals surface area contributed by atoms with E-state index in [1.54, 1.807) is 7.11 Å². The van der Waals surface area contributed by atoms with Crippen LogP contribution in [0.2, 0.25) is 0 Å². The molecule has 65 valence electrons. The first-order valence-corrected chi connectivity index (χ1v) is 4.21. The van der Waals surface area contributed by atoms with E-state index in [0.717, 1.165) is 5.75 Å². The molecule has 0 bridgehead atoms. The maximum atomic E-state index is 5.06. The molecule has 1 heteroatoms. The zero-order valence-electron chi connectivity index (χ0n) is 7.87. The lowest BCUT2D eigenvalue weighted by molar-refractivity contribution is 0.414. The molecular formula is C11H15O. The number of benzene rings is 1. The molecule has 0 saturated heterocycles.